The Morgan fingerprint density at radius 3 is 2.50 bits per heavy atom. The Hall–Kier alpha value is -1.65. The van der Waals surface area contributed by atoms with Crippen molar-refractivity contribution in [1.29, 1.82) is 0 Å². The second-order valence-corrected chi connectivity index (χ2v) is 7.57. The second kappa shape index (κ2) is 9.60. The predicted octanol–water partition coefficient (Wildman–Crippen LogP) is 1.95. The van der Waals surface area contributed by atoms with Gasteiger partial charge in [0.05, 0.1) is 16.4 Å². The van der Waals surface area contributed by atoms with E-state index in [9.17, 15) is 23.3 Å². The van der Waals surface area contributed by atoms with E-state index >= 15 is 0 Å². The Balaban J connectivity index is 2.92. The molecule has 0 aliphatic carbocycles. The van der Waals surface area contributed by atoms with Gasteiger partial charge in [0.1, 0.15) is 6.04 Å². The summed E-state index contributed by atoms with van der Waals surface area (Å²) in [6.07, 6.45) is 2.77. The second-order valence-electron chi connectivity index (χ2n) is 4.87. The lowest BCUT2D eigenvalue weighted by molar-refractivity contribution is -0.384. The van der Waals surface area contributed by atoms with E-state index in [0.29, 0.717) is 12.2 Å². The van der Waals surface area contributed by atoms with Crippen molar-refractivity contribution in [3.8, 4) is 0 Å². The number of carbonyl (C=O) groups is 1. The van der Waals surface area contributed by atoms with E-state index in [1.54, 1.807) is 0 Å². The molecule has 1 aromatic carbocycles. The molecule has 0 spiro atoms. The Kier molecular flexibility index (Phi) is 8.16. The van der Waals surface area contributed by atoms with Crippen molar-refractivity contribution in [2.75, 3.05) is 18.6 Å². The van der Waals surface area contributed by atoms with Crippen molar-refractivity contribution >= 4 is 33.4 Å². The number of ether oxygens (including phenoxy) is 1. The van der Waals surface area contributed by atoms with Crippen molar-refractivity contribution < 1.29 is 22.9 Å². The maximum absolute atomic E-state index is 12.4. The molecule has 1 atom stereocenters. The fourth-order valence-corrected chi connectivity index (χ4v) is 3.46. The topological polar surface area (TPSA) is 116 Å². The molecule has 134 valence electrons. The van der Waals surface area contributed by atoms with Gasteiger partial charge in [0.15, 0.2) is 0 Å². The van der Waals surface area contributed by atoms with Crippen LogP contribution in [0.4, 0.5) is 5.69 Å². The van der Waals surface area contributed by atoms with Crippen LogP contribution in [-0.2, 0) is 19.6 Å². The van der Waals surface area contributed by atoms with Crippen LogP contribution in [0, 0.1) is 10.1 Å². The minimum absolute atomic E-state index is 0.148. The standard InChI is InChI=1S/C14H20N2O6S2/c1-3-9-22-14(17)13(8-10-23-2)15-24(20,21)12-6-4-11(5-7-12)16(18)19/h4-7,13,15H,3,8-10H2,1-2H3/t13-/m0/s1. The summed E-state index contributed by atoms with van der Waals surface area (Å²) >= 11 is 1.48. The van der Waals surface area contributed by atoms with Gasteiger partial charge in [-0.05, 0) is 37.0 Å². The van der Waals surface area contributed by atoms with E-state index in [1.165, 1.54) is 11.8 Å². The van der Waals surface area contributed by atoms with Gasteiger partial charge in [-0.1, -0.05) is 6.92 Å². The Morgan fingerprint density at radius 1 is 1.38 bits per heavy atom. The molecule has 0 amide bonds. The van der Waals surface area contributed by atoms with Crippen LogP contribution in [0.1, 0.15) is 19.8 Å². The number of nitrogens with zero attached hydrogens (tertiary/aromatic N) is 1. The number of carbonyl (C=O) groups excluding carboxylic acids is 1. The predicted molar refractivity (Wildman–Crippen MR) is 91.5 cm³/mol. The summed E-state index contributed by atoms with van der Waals surface area (Å²) in [6, 6.07) is 3.46. The van der Waals surface area contributed by atoms with Gasteiger partial charge in [0.25, 0.3) is 5.69 Å². The maximum Gasteiger partial charge on any atom is 0.324 e. The normalized spacial score (nSPS) is 12.6. The molecule has 0 saturated heterocycles. The number of thioether (sulfide) groups is 1. The first kappa shape index (κ1) is 20.4. The number of rotatable bonds is 10. The van der Waals surface area contributed by atoms with Crippen LogP contribution >= 0.6 is 11.8 Å². The maximum atomic E-state index is 12.4. The minimum Gasteiger partial charge on any atom is -0.465 e. The highest BCUT2D eigenvalue weighted by Gasteiger charge is 2.27. The first-order valence-corrected chi connectivity index (χ1v) is 10.1. The molecule has 8 nitrogen and oxygen atoms in total. The van der Waals surface area contributed by atoms with Crippen molar-refractivity contribution in [3.05, 3.63) is 34.4 Å². The number of hydrogen-bond donors (Lipinski definition) is 1. The number of esters is 1. The molecule has 0 bridgehead atoms. The van der Waals surface area contributed by atoms with Crippen molar-refractivity contribution in [2.45, 2.75) is 30.7 Å². The lowest BCUT2D eigenvalue weighted by Crippen LogP contribution is -2.42. The summed E-state index contributed by atoms with van der Waals surface area (Å²) in [7, 11) is -3.99. The molecule has 0 aromatic heterocycles. The van der Waals surface area contributed by atoms with Crippen LogP contribution < -0.4 is 4.72 Å². The zero-order chi connectivity index (χ0) is 18.2. The lowest BCUT2D eigenvalue weighted by Gasteiger charge is -2.17. The zero-order valence-electron chi connectivity index (χ0n) is 13.4. The van der Waals surface area contributed by atoms with Gasteiger partial charge in [-0.2, -0.15) is 16.5 Å². The number of nitrogens with one attached hydrogen (secondary N) is 1. The molecule has 0 fully saturated rings. The number of non-ortho nitro benzene ring substituents is 1. The van der Waals surface area contributed by atoms with Gasteiger partial charge in [-0.3, -0.25) is 14.9 Å². The van der Waals surface area contributed by atoms with E-state index in [-0.39, 0.29) is 23.6 Å². The van der Waals surface area contributed by atoms with Crippen LogP contribution in [0.3, 0.4) is 0 Å². The Bertz CT molecular complexity index is 660. The molecular formula is C14H20N2O6S2. The molecule has 10 heteroatoms. The van der Waals surface area contributed by atoms with Gasteiger partial charge in [-0.15, -0.1) is 0 Å². The molecule has 24 heavy (non-hydrogen) atoms. The van der Waals surface area contributed by atoms with Crippen LogP contribution in [-0.4, -0.2) is 44.0 Å². The summed E-state index contributed by atoms with van der Waals surface area (Å²) < 4.78 is 32.1. The van der Waals surface area contributed by atoms with Crippen molar-refractivity contribution in [3.63, 3.8) is 0 Å². The molecule has 1 rings (SSSR count). The van der Waals surface area contributed by atoms with Crippen molar-refractivity contribution in [1.82, 2.24) is 4.72 Å². The SMILES string of the molecule is CCCOC(=O)[C@H](CCSC)NS(=O)(=O)c1ccc([N+](=O)[O-])cc1. The highest BCUT2D eigenvalue weighted by atomic mass is 32.2. The lowest BCUT2D eigenvalue weighted by atomic mass is 10.2. The van der Waals surface area contributed by atoms with Crippen LogP contribution in [0.2, 0.25) is 0 Å². The average Bonchev–Trinajstić information content (AvgIpc) is 2.56. The fourth-order valence-electron chi connectivity index (χ4n) is 1.77. The summed E-state index contributed by atoms with van der Waals surface area (Å²) in [5, 5.41) is 10.6. The summed E-state index contributed by atoms with van der Waals surface area (Å²) in [5.41, 5.74) is -0.213. The van der Waals surface area contributed by atoms with Crippen LogP contribution in [0.15, 0.2) is 29.2 Å². The molecule has 0 aliphatic rings. The van der Waals surface area contributed by atoms with Crippen LogP contribution in [0.5, 0.6) is 0 Å². The largest absolute Gasteiger partial charge is 0.465 e. The van der Waals surface area contributed by atoms with Gasteiger partial charge in [0, 0.05) is 12.1 Å². The Labute approximate surface area is 145 Å². The van der Waals surface area contributed by atoms with E-state index in [1.807, 2.05) is 13.2 Å². The number of hydrogen-bond acceptors (Lipinski definition) is 7. The fraction of sp³-hybridized carbons (Fsp3) is 0.500. The molecule has 0 saturated carbocycles. The zero-order valence-corrected chi connectivity index (χ0v) is 15.1. The van der Waals surface area contributed by atoms with E-state index < -0.39 is 27.0 Å². The first-order valence-electron chi connectivity index (χ1n) is 7.24. The third kappa shape index (κ3) is 6.10. The first-order chi connectivity index (χ1) is 11.3. The van der Waals surface area contributed by atoms with Gasteiger partial charge < -0.3 is 4.74 Å². The number of benzene rings is 1. The van der Waals surface area contributed by atoms with Gasteiger partial charge >= 0.3 is 5.97 Å². The van der Waals surface area contributed by atoms with E-state index in [4.69, 9.17) is 4.74 Å². The average molecular weight is 376 g/mol. The Morgan fingerprint density at radius 2 is 2.00 bits per heavy atom. The van der Waals surface area contributed by atoms with Crippen LogP contribution in [0.25, 0.3) is 0 Å². The molecule has 0 radical (unpaired) electrons. The number of nitro benzene ring substituents is 1. The quantitative estimate of drug-likeness (QED) is 0.377. The molecular weight excluding hydrogens is 356 g/mol. The highest BCUT2D eigenvalue weighted by Crippen LogP contribution is 2.17. The summed E-state index contributed by atoms with van der Waals surface area (Å²) in [5.74, 6) is -0.0503. The number of sulfonamides is 1. The van der Waals surface area contributed by atoms with Gasteiger partial charge in [-0.25, -0.2) is 8.42 Å². The summed E-state index contributed by atoms with van der Waals surface area (Å²) in [4.78, 5) is 21.9. The monoisotopic (exact) mass is 376 g/mol. The minimum atomic E-state index is -3.99. The van der Waals surface area contributed by atoms with Crippen molar-refractivity contribution in [2.24, 2.45) is 0 Å². The highest BCUT2D eigenvalue weighted by molar-refractivity contribution is 7.98. The van der Waals surface area contributed by atoms with E-state index in [2.05, 4.69) is 4.72 Å². The third-order valence-corrected chi connectivity index (χ3v) is 5.13. The molecule has 0 heterocycles. The van der Waals surface area contributed by atoms with Gasteiger partial charge in [0.2, 0.25) is 10.0 Å². The smallest absolute Gasteiger partial charge is 0.324 e. The molecule has 1 aromatic rings. The summed E-state index contributed by atoms with van der Waals surface area (Å²) in [6.45, 7) is 2.05. The third-order valence-electron chi connectivity index (χ3n) is 3.00. The number of nitro groups is 1. The molecule has 0 aliphatic heterocycles. The molecule has 1 N–H and O–H groups in total. The molecule has 0 unspecified atom stereocenters. The van der Waals surface area contributed by atoms with E-state index in [0.717, 1.165) is 24.3 Å².